The minimum absolute atomic E-state index is 0.555. The summed E-state index contributed by atoms with van der Waals surface area (Å²) in [4.78, 5) is 8.71. The molecule has 0 atom stereocenters. The Morgan fingerprint density at radius 2 is 1.85 bits per heavy atom. The van der Waals surface area contributed by atoms with Gasteiger partial charge in [0, 0.05) is 24.4 Å². The average Bonchev–Trinajstić information content (AvgIpc) is 2.64. The Morgan fingerprint density at radius 3 is 2.50 bits per heavy atom. The molecule has 2 rings (SSSR count). The molecule has 0 radical (unpaired) electrons. The van der Waals surface area contributed by atoms with E-state index >= 15 is 0 Å². The molecule has 0 unspecified atom stereocenters. The number of pyridine rings is 1. The molecule has 0 aliphatic rings. The number of hydrogen-bond donors (Lipinski definition) is 2. The number of nitrogens with one attached hydrogen (secondary N) is 2. The van der Waals surface area contributed by atoms with E-state index in [1.54, 1.807) is 14.2 Å². The minimum Gasteiger partial charge on any atom is -0.496 e. The zero-order valence-electron chi connectivity index (χ0n) is 16.2. The van der Waals surface area contributed by atoms with Crippen LogP contribution < -0.4 is 20.1 Å². The van der Waals surface area contributed by atoms with Gasteiger partial charge >= 0.3 is 0 Å². The molecule has 6 heteroatoms. The molecule has 1 aromatic heterocycles. The first-order valence-electron chi connectivity index (χ1n) is 8.68. The van der Waals surface area contributed by atoms with Crippen LogP contribution in [0.1, 0.15) is 22.4 Å². The summed E-state index contributed by atoms with van der Waals surface area (Å²) in [5.41, 5.74) is 4.23. The SMILES string of the molecule is CN=C(NCCOc1ccc(C)cc1)NCc1ncc(C)c(OC)c1C. The van der Waals surface area contributed by atoms with Crippen molar-refractivity contribution >= 4 is 5.96 Å². The smallest absolute Gasteiger partial charge is 0.191 e. The van der Waals surface area contributed by atoms with Crippen molar-refractivity contribution in [1.82, 2.24) is 15.6 Å². The van der Waals surface area contributed by atoms with Crippen molar-refractivity contribution in [2.24, 2.45) is 4.99 Å². The Morgan fingerprint density at radius 1 is 1.12 bits per heavy atom. The van der Waals surface area contributed by atoms with E-state index in [4.69, 9.17) is 9.47 Å². The molecule has 2 N–H and O–H groups in total. The van der Waals surface area contributed by atoms with E-state index < -0.39 is 0 Å². The van der Waals surface area contributed by atoms with Gasteiger partial charge in [-0.25, -0.2) is 0 Å². The molecule has 0 bridgehead atoms. The molecule has 0 aliphatic heterocycles. The first-order chi connectivity index (χ1) is 12.5. The Balaban J connectivity index is 1.80. The third-order valence-corrected chi connectivity index (χ3v) is 4.08. The van der Waals surface area contributed by atoms with Gasteiger partial charge in [0.05, 0.1) is 25.9 Å². The Hall–Kier alpha value is -2.76. The summed E-state index contributed by atoms with van der Waals surface area (Å²) in [6.07, 6.45) is 1.83. The van der Waals surface area contributed by atoms with Crippen LogP contribution in [0.4, 0.5) is 0 Å². The molecular formula is C20H28N4O2. The van der Waals surface area contributed by atoms with Crippen molar-refractivity contribution in [3.8, 4) is 11.5 Å². The van der Waals surface area contributed by atoms with E-state index in [0.29, 0.717) is 25.7 Å². The number of ether oxygens (including phenoxy) is 2. The first kappa shape index (κ1) is 19.6. The second-order valence-corrected chi connectivity index (χ2v) is 6.06. The predicted octanol–water partition coefficient (Wildman–Crippen LogP) is 2.76. The van der Waals surface area contributed by atoms with Gasteiger partial charge in [-0.3, -0.25) is 9.98 Å². The van der Waals surface area contributed by atoms with Gasteiger partial charge in [0.15, 0.2) is 5.96 Å². The Bertz CT molecular complexity index is 742. The monoisotopic (exact) mass is 356 g/mol. The van der Waals surface area contributed by atoms with E-state index in [2.05, 4.69) is 27.5 Å². The zero-order valence-corrected chi connectivity index (χ0v) is 16.2. The molecule has 0 spiro atoms. The van der Waals surface area contributed by atoms with Gasteiger partial charge < -0.3 is 20.1 Å². The summed E-state index contributed by atoms with van der Waals surface area (Å²) in [6.45, 7) is 7.84. The first-order valence-corrected chi connectivity index (χ1v) is 8.68. The molecule has 0 aliphatic carbocycles. The maximum absolute atomic E-state index is 5.71. The summed E-state index contributed by atoms with van der Waals surface area (Å²) < 4.78 is 11.2. The highest BCUT2D eigenvalue weighted by Crippen LogP contribution is 2.23. The van der Waals surface area contributed by atoms with E-state index in [1.807, 2.05) is 44.3 Å². The molecule has 1 heterocycles. The topological polar surface area (TPSA) is 67.8 Å². The zero-order chi connectivity index (χ0) is 18.9. The lowest BCUT2D eigenvalue weighted by Gasteiger charge is -2.15. The quantitative estimate of drug-likeness (QED) is 0.454. The Kier molecular flexibility index (Phi) is 7.26. The number of methoxy groups -OCH3 is 1. The fraction of sp³-hybridized carbons (Fsp3) is 0.400. The summed E-state index contributed by atoms with van der Waals surface area (Å²) in [6, 6.07) is 8.02. The van der Waals surface area contributed by atoms with E-state index in [0.717, 1.165) is 28.3 Å². The lowest BCUT2D eigenvalue weighted by atomic mass is 10.1. The van der Waals surface area contributed by atoms with Crippen molar-refractivity contribution in [3.05, 3.63) is 52.8 Å². The molecular weight excluding hydrogens is 328 g/mol. The number of benzene rings is 1. The van der Waals surface area contributed by atoms with Crippen LogP contribution in [-0.2, 0) is 6.54 Å². The second kappa shape index (κ2) is 9.65. The number of nitrogens with zero attached hydrogens (tertiary/aromatic N) is 2. The highest BCUT2D eigenvalue weighted by atomic mass is 16.5. The normalized spacial score (nSPS) is 11.2. The molecule has 26 heavy (non-hydrogen) atoms. The largest absolute Gasteiger partial charge is 0.496 e. The van der Waals surface area contributed by atoms with Gasteiger partial charge in [0.2, 0.25) is 0 Å². The van der Waals surface area contributed by atoms with Crippen LogP contribution in [0.2, 0.25) is 0 Å². The number of hydrogen-bond acceptors (Lipinski definition) is 4. The fourth-order valence-corrected chi connectivity index (χ4v) is 2.61. The lowest BCUT2D eigenvalue weighted by Crippen LogP contribution is -2.39. The summed E-state index contributed by atoms with van der Waals surface area (Å²) in [5, 5.41) is 6.50. The van der Waals surface area contributed by atoms with Crippen molar-refractivity contribution in [2.75, 3.05) is 27.3 Å². The van der Waals surface area contributed by atoms with Crippen LogP contribution >= 0.6 is 0 Å². The van der Waals surface area contributed by atoms with E-state index in [1.165, 1.54) is 5.56 Å². The highest BCUT2D eigenvalue weighted by Gasteiger charge is 2.09. The third kappa shape index (κ3) is 5.37. The van der Waals surface area contributed by atoms with Gasteiger partial charge in [0.25, 0.3) is 0 Å². The number of aromatic nitrogens is 1. The van der Waals surface area contributed by atoms with Crippen molar-refractivity contribution in [2.45, 2.75) is 27.3 Å². The van der Waals surface area contributed by atoms with Crippen LogP contribution in [0.3, 0.4) is 0 Å². The van der Waals surface area contributed by atoms with Gasteiger partial charge in [-0.05, 0) is 32.9 Å². The molecule has 0 fully saturated rings. The maximum Gasteiger partial charge on any atom is 0.191 e. The predicted molar refractivity (Wildman–Crippen MR) is 105 cm³/mol. The summed E-state index contributed by atoms with van der Waals surface area (Å²) >= 11 is 0. The summed E-state index contributed by atoms with van der Waals surface area (Å²) in [5.74, 6) is 2.46. The number of guanidine groups is 1. The molecule has 0 saturated heterocycles. The maximum atomic E-state index is 5.71. The molecule has 0 saturated carbocycles. The number of rotatable bonds is 7. The van der Waals surface area contributed by atoms with Gasteiger partial charge in [-0.2, -0.15) is 0 Å². The van der Waals surface area contributed by atoms with Crippen LogP contribution in [0.25, 0.3) is 0 Å². The number of aliphatic imine (C=N–C) groups is 1. The van der Waals surface area contributed by atoms with Crippen molar-refractivity contribution in [1.29, 1.82) is 0 Å². The average molecular weight is 356 g/mol. The van der Waals surface area contributed by atoms with E-state index in [-0.39, 0.29) is 0 Å². The molecule has 140 valence electrons. The molecule has 6 nitrogen and oxygen atoms in total. The van der Waals surface area contributed by atoms with Crippen molar-refractivity contribution in [3.63, 3.8) is 0 Å². The Labute approximate surface area is 155 Å². The number of aryl methyl sites for hydroxylation is 2. The lowest BCUT2D eigenvalue weighted by molar-refractivity contribution is 0.322. The van der Waals surface area contributed by atoms with Gasteiger partial charge in [-0.15, -0.1) is 0 Å². The van der Waals surface area contributed by atoms with Gasteiger partial charge in [0.1, 0.15) is 18.1 Å². The molecule has 0 amide bonds. The van der Waals surface area contributed by atoms with Crippen molar-refractivity contribution < 1.29 is 9.47 Å². The third-order valence-electron chi connectivity index (χ3n) is 4.08. The van der Waals surface area contributed by atoms with Crippen LogP contribution in [-0.4, -0.2) is 38.3 Å². The highest BCUT2D eigenvalue weighted by molar-refractivity contribution is 5.79. The second-order valence-electron chi connectivity index (χ2n) is 6.06. The van der Waals surface area contributed by atoms with E-state index in [9.17, 15) is 0 Å². The van der Waals surface area contributed by atoms with Crippen LogP contribution in [0, 0.1) is 20.8 Å². The fourth-order valence-electron chi connectivity index (χ4n) is 2.61. The van der Waals surface area contributed by atoms with Gasteiger partial charge in [-0.1, -0.05) is 17.7 Å². The summed E-state index contributed by atoms with van der Waals surface area (Å²) in [7, 11) is 3.42. The van der Waals surface area contributed by atoms with Crippen LogP contribution in [0.5, 0.6) is 11.5 Å². The molecule has 1 aromatic carbocycles. The molecule has 2 aromatic rings. The van der Waals surface area contributed by atoms with Crippen LogP contribution in [0.15, 0.2) is 35.5 Å². The minimum atomic E-state index is 0.555. The standard InChI is InChI=1S/C20H28N4O2/c1-14-6-8-17(9-7-14)26-11-10-22-20(21-4)24-13-18-16(3)19(25-5)15(2)12-23-18/h6-9,12H,10-11,13H2,1-5H3,(H2,21,22,24).